The second-order valence-electron chi connectivity index (χ2n) is 6.38. The summed E-state index contributed by atoms with van der Waals surface area (Å²) < 4.78 is 1.51. The summed E-state index contributed by atoms with van der Waals surface area (Å²) in [4.78, 5) is 23.7. The van der Waals surface area contributed by atoms with Crippen LogP contribution < -0.4 is 10.6 Å². The number of amides is 2. The van der Waals surface area contributed by atoms with Crippen molar-refractivity contribution >= 4 is 46.6 Å². The summed E-state index contributed by atoms with van der Waals surface area (Å²) in [5.74, 6) is -0.282. The van der Waals surface area contributed by atoms with Crippen molar-refractivity contribution in [2.75, 3.05) is 16.4 Å². The third-order valence-corrected chi connectivity index (χ3v) is 5.10. The van der Waals surface area contributed by atoms with E-state index >= 15 is 0 Å². The zero-order chi connectivity index (χ0) is 21.0. The minimum atomic E-state index is -0.217. The number of aryl methyl sites for hydroxylation is 2. The lowest BCUT2D eigenvalue weighted by molar-refractivity contribution is -0.114. The maximum absolute atomic E-state index is 12.4. The standard InChI is InChI=1S/C19H19ClN6O2S/c1-11-7-12(2)18(16(20)8-11)22-17(28)10-29-19-23-24-25-26(19)15-6-4-5-14(9-15)21-13(3)27/h4-9H,10H2,1-3H3,(H,21,27)(H,22,28). The van der Waals surface area contributed by atoms with Crippen molar-refractivity contribution in [1.29, 1.82) is 0 Å². The minimum absolute atomic E-state index is 0.107. The van der Waals surface area contributed by atoms with Crippen LogP contribution in [0.15, 0.2) is 41.6 Å². The van der Waals surface area contributed by atoms with Crippen LogP contribution in [0.25, 0.3) is 5.69 Å². The summed E-state index contributed by atoms with van der Waals surface area (Å²) in [6.45, 7) is 5.27. The largest absolute Gasteiger partial charge is 0.326 e. The number of carbonyl (C=O) groups is 2. The molecule has 0 aliphatic rings. The van der Waals surface area contributed by atoms with Crippen molar-refractivity contribution in [2.45, 2.75) is 25.9 Å². The zero-order valence-electron chi connectivity index (χ0n) is 16.1. The third-order valence-electron chi connectivity index (χ3n) is 3.88. The molecular formula is C19H19ClN6O2S. The van der Waals surface area contributed by atoms with Gasteiger partial charge in [0.2, 0.25) is 17.0 Å². The Morgan fingerprint density at radius 1 is 1.17 bits per heavy atom. The topological polar surface area (TPSA) is 102 Å². The van der Waals surface area contributed by atoms with Gasteiger partial charge in [-0.1, -0.05) is 35.5 Å². The predicted octanol–water partition coefficient (Wildman–Crippen LogP) is 3.62. The van der Waals surface area contributed by atoms with E-state index in [1.165, 1.54) is 23.4 Å². The van der Waals surface area contributed by atoms with Crippen LogP contribution in [0.2, 0.25) is 5.02 Å². The number of nitrogens with zero attached hydrogens (tertiary/aromatic N) is 4. The first-order valence-electron chi connectivity index (χ1n) is 8.69. The SMILES string of the molecule is CC(=O)Nc1cccc(-n2nnnc2SCC(=O)Nc2c(C)cc(C)cc2Cl)c1. The molecule has 0 bridgehead atoms. The number of rotatable bonds is 6. The smallest absolute Gasteiger partial charge is 0.234 e. The van der Waals surface area contributed by atoms with Gasteiger partial charge in [0.15, 0.2) is 0 Å². The van der Waals surface area contributed by atoms with Crippen molar-refractivity contribution in [3.63, 3.8) is 0 Å². The van der Waals surface area contributed by atoms with Crippen molar-refractivity contribution < 1.29 is 9.59 Å². The summed E-state index contributed by atoms with van der Waals surface area (Å²) in [6, 6.07) is 10.9. The Morgan fingerprint density at radius 2 is 1.97 bits per heavy atom. The predicted molar refractivity (Wildman–Crippen MR) is 114 cm³/mol. The van der Waals surface area contributed by atoms with Crippen LogP contribution in [0.4, 0.5) is 11.4 Å². The molecule has 0 atom stereocenters. The van der Waals surface area contributed by atoms with Gasteiger partial charge in [-0.25, -0.2) is 0 Å². The molecule has 0 fully saturated rings. The Kier molecular flexibility index (Phi) is 6.50. The highest BCUT2D eigenvalue weighted by Gasteiger charge is 2.14. The molecule has 3 aromatic rings. The summed E-state index contributed by atoms with van der Waals surface area (Å²) in [7, 11) is 0. The normalized spacial score (nSPS) is 10.6. The number of hydrogen-bond donors (Lipinski definition) is 2. The first-order chi connectivity index (χ1) is 13.8. The summed E-state index contributed by atoms with van der Waals surface area (Å²) >= 11 is 7.44. The number of tetrazole rings is 1. The Morgan fingerprint density at radius 3 is 2.69 bits per heavy atom. The molecule has 10 heteroatoms. The fraction of sp³-hybridized carbons (Fsp3) is 0.211. The van der Waals surface area contributed by atoms with Crippen LogP contribution in [0.3, 0.4) is 0 Å². The van der Waals surface area contributed by atoms with Gasteiger partial charge >= 0.3 is 0 Å². The van der Waals surface area contributed by atoms with Crippen molar-refractivity contribution in [2.24, 2.45) is 0 Å². The van der Waals surface area contributed by atoms with Gasteiger partial charge in [0.25, 0.3) is 0 Å². The van der Waals surface area contributed by atoms with Crippen molar-refractivity contribution in [3.05, 3.63) is 52.5 Å². The molecule has 2 N–H and O–H groups in total. The molecule has 1 aromatic heterocycles. The van der Waals surface area contributed by atoms with E-state index in [4.69, 9.17) is 11.6 Å². The molecule has 29 heavy (non-hydrogen) atoms. The minimum Gasteiger partial charge on any atom is -0.326 e. The number of carbonyl (C=O) groups excluding carboxylic acids is 2. The average molecular weight is 431 g/mol. The molecule has 0 spiro atoms. The van der Waals surface area contributed by atoms with Crippen LogP contribution >= 0.6 is 23.4 Å². The third kappa shape index (κ3) is 5.33. The number of nitrogens with one attached hydrogen (secondary N) is 2. The highest BCUT2D eigenvalue weighted by Crippen LogP contribution is 2.28. The van der Waals surface area contributed by atoms with Crippen LogP contribution in [-0.2, 0) is 9.59 Å². The molecule has 3 rings (SSSR count). The van der Waals surface area contributed by atoms with E-state index in [-0.39, 0.29) is 17.6 Å². The number of anilines is 2. The number of thioether (sulfide) groups is 1. The van der Waals surface area contributed by atoms with E-state index in [9.17, 15) is 9.59 Å². The average Bonchev–Trinajstić information content (AvgIpc) is 3.11. The number of aromatic nitrogens is 4. The first kappa shape index (κ1) is 20.8. The molecule has 150 valence electrons. The number of halogens is 1. The molecule has 8 nitrogen and oxygen atoms in total. The van der Waals surface area contributed by atoms with E-state index in [2.05, 4.69) is 26.2 Å². The molecular weight excluding hydrogens is 412 g/mol. The monoisotopic (exact) mass is 430 g/mol. The summed E-state index contributed by atoms with van der Waals surface area (Å²) in [5.41, 5.74) is 3.82. The molecule has 0 radical (unpaired) electrons. The molecule has 0 saturated heterocycles. The van der Waals surface area contributed by atoms with Gasteiger partial charge in [0, 0.05) is 12.6 Å². The Hall–Kier alpha value is -2.91. The maximum atomic E-state index is 12.4. The molecule has 0 aliphatic carbocycles. The fourth-order valence-corrected chi connectivity index (χ4v) is 3.79. The first-order valence-corrected chi connectivity index (χ1v) is 10.1. The van der Waals surface area contributed by atoms with Gasteiger partial charge in [0.1, 0.15) is 0 Å². The molecule has 0 unspecified atom stereocenters. The Balaban J connectivity index is 1.70. The van der Waals surface area contributed by atoms with Crippen LogP contribution in [0.1, 0.15) is 18.1 Å². The lowest BCUT2D eigenvalue weighted by atomic mass is 10.1. The van der Waals surface area contributed by atoms with Crippen molar-refractivity contribution in [1.82, 2.24) is 20.2 Å². The van der Waals surface area contributed by atoms with Gasteiger partial charge in [-0.2, -0.15) is 4.68 Å². The van der Waals surface area contributed by atoms with Gasteiger partial charge in [0.05, 0.1) is 22.2 Å². The van der Waals surface area contributed by atoms with Gasteiger partial charge < -0.3 is 10.6 Å². The van der Waals surface area contributed by atoms with E-state index < -0.39 is 0 Å². The van der Waals surface area contributed by atoms with E-state index in [0.717, 1.165) is 11.1 Å². The molecule has 2 aromatic carbocycles. The molecule has 1 heterocycles. The fourth-order valence-electron chi connectivity index (χ4n) is 2.73. The van der Waals surface area contributed by atoms with Crippen LogP contribution in [0, 0.1) is 13.8 Å². The maximum Gasteiger partial charge on any atom is 0.234 e. The Labute approximate surface area is 177 Å². The highest BCUT2D eigenvalue weighted by molar-refractivity contribution is 7.99. The van der Waals surface area contributed by atoms with Gasteiger partial charge in [-0.15, -0.1) is 5.10 Å². The molecule has 0 saturated carbocycles. The van der Waals surface area contributed by atoms with E-state index in [0.29, 0.717) is 27.2 Å². The van der Waals surface area contributed by atoms with Gasteiger partial charge in [-0.3, -0.25) is 9.59 Å². The van der Waals surface area contributed by atoms with E-state index in [1.807, 2.05) is 19.9 Å². The zero-order valence-corrected chi connectivity index (χ0v) is 17.6. The lowest BCUT2D eigenvalue weighted by Gasteiger charge is -2.11. The number of benzene rings is 2. The molecule has 0 aliphatic heterocycles. The molecule has 2 amide bonds. The van der Waals surface area contributed by atoms with Gasteiger partial charge in [-0.05, 0) is 59.7 Å². The van der Waals surface area contributed by atoms with Crippen LogP contribution in [-0.4, -0.2) is 37.8 Å². The second kappa shape index (κ2) is 9.06. The van der Waals surface area contributed by atoms with Crippen LogP contribution in [0.5, 0.6) is 0 Å². The van der Waals surface area contributed by atoms with E-state index in [1.54, 1.807) is 30.3 Å². The Bertz CT molecular complexity index is 1050. The lowest BCUT2D eigenvalue weighted by Crippen LogP contribution is -2.16. The summed E-state index contributed by atoms with van der Waals surface area (Å²) in [5, 5.41) is 18.2. The van der Waals surface area contributed by atoms with Crippen molar-refractivity contribution in [3.8, 4) is 5.69 Å². The summed E-state index contributed by atoms with van der Waals surface area (Å²) in [6.07, 6.45) is 0. The number of hydrogen-bond acceptors (Lipinski definition) is 6. The highest BCUT2D eigenvalue weighted by atomic mass is 35.5. The quantitative estimate of drug-likeness (QED) is 0.579. The second-order valence-corrected chi connectivity index (χ2v) is 7.73.